The fraction of sp³-hybridized carbons (Fsp3) is 0.667. The molecule has 0 aromatic carbocycles. The van der Waals surface area contributed by atoms with Crippen molar-refractivity contribution in [1.82, 2.24) is 9.97 Å². The van der Waals surface area contributed by atoms with Crippen LogP contribution < -0.4 is 5.73 Å². The van der Waals surface area contributed by atoms with Crippen LogP contribution in [-0.2, 0) is 9.47 Å². The minimum atomic E-state index is -0.297. The zero-order valence-corrected chi connectivity index (χ0v) is 9.76. The summed E-state index contributed by atoms with van der Waals surface area (Å²) in [7, 11) is 0. The van der Waals surface area contributed by atoms with E-state index in [1.807, 2.05) is 6.07 Å². The second-order valence-corrected chi connectivity index (χ2v) is 4.72. The number of nitrogens with zero attached hydrogens (tertiary/aromatic N) is 2. The van der Waals surface area contributed by atoms with Gasteiger partial charge in [0.15, 0.2) is 5.79 Å². The van der Waals surface area contributed by atoms with Gasteiger partial charge in [0.1, 0.15) is 0 Å². The molecule has 1 spiro atoms. The van der Waals surface area contributed by atoms with E-state index in [4.69, 9.17) is 15.2 Å². The Kier molecular flexibility index (Phi) is 2.72. The molecule has 92 valence electrons. The predicted molar refractivity (Wildman–Crippen MR) is 62.3 cm³/mol. The van der Waals surface area contributed by atoms with Crippen LogP contribution >= 0.6 is 0 Å². The SMILES string of the molecule is Nc1nccc(C2CCC3(CC2)OCCO3)n1. The van der Waals surface area contributed by atoms with Gasteiger partial charge in [-0.05, 0) is 18.9 Å². The van der Waals surface area contributed by atoms with Crippen molar-refractivity contribution in [1.29, 1.82) is 0 Å². The van der Waals surface area contributed by atoms with E-state index < -0.39 is 0 Å². The molecule has 2 heterocycles. The fourth-order valence-corrected chi connectivity index (χ4v) is 2.75. The Balaban J connectivity index is 1.68. The molecule has 5 nitrogen and oxygen atoms in total. The molecule has 1 aromatic rings. The van der Waals surface area contributed by atoms with Crippen LogP contribution in [0.15, 0.2) is 12.3 Å². The maximum Gasteiger partial charge on any atom is 0.220 e. The summed E-state index contributed by atoms with van der Waals surface area (Å²) in [4.78, 5) is 8.22. The number of ether oxygens (including phenoxy) is 2. The molecule has 2 fully saturated rings. The van der Waals surface area contributed by atoms with Gasteiger partial charge in [-0.2, -0.15) is 0 Å². The Bertz CT molecular complexity index is 394. The minimum absolute atomic E-state index is 0.297. The van der Waals surface area contributed by atoms with Gasteiger partial charge in [0.05, 0.1) is 13.2 Å². The van der Waals surface area contributed by atoms with Gasteiger partial charge in [0, 0.05) is 30.7 Å². The molecule has 3 rings (SSSR count). The van der Waals surface area contributed by atoms with Crippen molar-refractivity contribution in [3.8, 4) is 0 Å². The number of hydrogen-bond acceptors (Lipinski definition) is 5. The van der Waals surface area contributed by atoms with Gasteiger partial charge in [-0.15, -0.1) is 0 Å². The van der Waals surface area contributed by atoms with E-state index in [0.717, 1.165) is 44.6 Å². The van der Waals surface area contributed by atoms with Gasteiger partial charge in [0.25, 0.3) is 0 Å². The topological polar surface area (TPSA) is 70.3 Å². The van der Waals surface area contributed by atoms with Gasteiger partial charge in [-0.1, -0.05) is 0 Å². The van der Waals surface area contributed by atoms with Gasteiger partial charge in [-0.25, -0.2) is 9.97 Å². The van der Waals surface area contributed by atoms with E-state index in [1.54, 1.807) is 6.20 Å². The summed E-state index contributed by atoms with van der Waals surface area (Å²) in [5, 5.41) is 0. The lowest BCUT2D eigenvalue weighted by Crippen LogP contribution is -2.34. The molecule has 0 unspecified atom stereocenters. The molecule has 5 heteroatoms. The van der Waals surface area contributed by atoms with Gasteiger partial charge >= 0.3 is 0 Å². The summed E-state index contributed by atoms with van der Waals surface area (Å²) in [6.07, 6.45) is 5.70. The number of anilines is 1. The van der Waals surface area contributed by atoms with Crippen molar-refractivity contribution in [2.24, 2.45) is 0 Å². The second-order valence-electron chi connectivity index (χ2n) is 4.72. The van der Waals surface area contributed by atoms with Crippen LogP contribution in [0.3, 0.4) is 0 Å². The van der Waals surface area contributed by atoms with E-state index >= 15 is 0 Å². The van der Waals surface area contributed by atoms with Crippen molar-refractivity contribution >= 4 is 5.95 Å². The number of nitrogens with two attached hydrogens (primary N) is 1. The van der Waals surface area contributed by atoms with Crippen LogP contribution in [0.1, 0.15) is 37.3 Å². The third-order valence-corrected chi connectivity index (χ3v) is 3.67. The zero-order chi connectivity index (χ0) is 11.7. The number of aromatic nitrogens is 2. The first-order valence-electron chi connectivity index (χ1n) is 6.14. The zero-order valence-electron chi connectivity index (χ0n) is 9.76. The summed E-state index contributed by atoms with van der Waals surface area (Å²) in [6.45, 7) is 1.45. The van der Waals surface area contributed by atoms with Gasteiger partial charge in [-0.3, -0.25) is 0 Å². The molecular formula is C12H17N3O2. The first kappa shape index (κ1) is 10.9. The van der Waals surface area contributed by atoms with Gasteiger partial charge < -0.3 is 15.2 Å². The molecule has 1 aromatic heterocycles. The van der Waals surface area contributed by atoms with Crippen LogP contribution in [0.5, 0.6) is 0 Å². The van der Waals surface area contributed by atoms with Crippen LogP contribution in [0.4, 0.5) is 5.95 Å². The molecule has 0 atom stereocenters. The van der Waals surface area contributed by atoms with Crippen LogP contribution in [-0.4, -0.2) is 29.0 Å². The third-order valence-electron chi connectivity index (χ3n) is 3.67. The Labute approximate surface area is 100 Å². The molecule has 0 radical (unpaired) electrons. The maximum atomic E-state index is 5.71. The molecule has 2 aliphatic rings. The molecule has 1 aliphatic heterocycles. The maximum absolute atomic E-state index is 5.71. The molecule has 1 saturated heterocycles. The predicted octanol–water partition coefficient (Wildman–Crippen LogP) is 1.46. The van der Waals surface area contributed by atoms with Crippen molar-refractivity contribution in [2.75, 3.05) is 18.9 Å². The Morgan fingerprint density at radius 3 is 2.59 bits per heavy atom. The summed E-state index contributed by atoms with van der Waals surface area (Å²) in [5.74, 6) is 0.518. The van der Waals surface area contributed by atoms with Crippen molar-refractivity contribution < 1.29 is 9.47 Å². The fourth-order valence-electron chi connectivity index (χ4n) is 2.75. The standard InChI is InChI=1S/C12H17N3O2/c13-11-14-6-3-10(15-11)9-1-4-12(5-2-9)16-7-8-17-12/h3,6,9H,1-2,4-5,7-8H2,(H2,13,14,15). The van der Waals surface area contributed by atoms with Gasteiger partial charge in [0.2, 0.25) is 5.95 Å². The normalized spacial score (nSPS) is 24.2. The number of nitrogen functional groups attached to an aromatic ring is 1. The van der Waals surface area contributed by atoms with Crippen LogP contribution in [0.25, 0.3) is 0 Å². The first-order chi connectivity index (χ1) is 8.27. The summed E-state index contributed by atoms with van der Waals surface area (Å²) in [5.41, 5.74) is 6.66. The summed E-state index contributed by atoms with van der Waals surface area (Å²) >= 11 is 0. The Morgan fingerprint density at radius 1 is 1.24 bits per heavy atom. The van der Waals surface area contributed by atoms with Crippen molar-refractivity contribution in [3.63, 3.8) is 0 Å². The van der Waals surface area contributed by atoms with E-state index in [2.05, 4.69) is 9.97 Å². The largest absolute Gasteiger partial charge is 0.368 e. The third kappa shape index (κ3) is 2.12. The molecule has 17 heavy (non-hydrogen) atoms. The highest BCUT2D eigenvalue weighted by Crippen LogP contribution is 2.41. The monoisotopic (exact) mass is 235 g/mol. The van der Waals surface area contributed by atoms with E-state index in [9.17, 15) is 0 Å². The first-order valence-corrected chi connectivity index (χ1v) is 6.14. The lowest BCUT2D eigenvalue weighted by atomic mass is 9.83. The lowest BCUT2D eigenvalue weighted by Gasteiger charge is -2.35. The Hall–Kier alpha value is -1.20. The highest BCUT2D eigenvalue weighted by atomic mass is 16.7. The van der Waals surface area contributed by atoms with Crippen molar-refractivity contribution in [2.45, 2.75) is 37.4 Å². The van der Waals surface area contributed by atoms with Crippen LogP contribution in [0.2, 0.25) is 0 Å². The van der Waals surface area contributed by atoms with Crippen molar-refractivity contribution in [3.05, 3.63) is 18.0 Å². The highest BCUT2D eigenvalue weighted by molar-refractivity contribution is 5.20. The molecular weight excluding hydrogens is 218 g/mol. The van der Waals surface area contributed by atoms with E-state index in [1.165, 1.54) is 0 Å². The molecule has 0 bridgehead atoms. The minimum Gasteiger partial charge on any atom is -0.368 e. The number of rotatable bonds is 1. The molecule has 0 amide bonds. The smallest absolute Gasteiger partial charge is 0.220 e. The highest BCUT2D eigenvalue weighted by Gasteiger charge is 2.40. The number of hydrogen-bond donors (Lipinski definition) is 1. The second kappa shape index (κ2) is 4.23. The van der Waals surface area contributed by atoms with E-state index in [0.29, 0.717) is 11.9 Å². The molecule has 1 saturated carbocycles. The molecule has 1 aliphatic carbocycles. The molecule has 2 N–H and O–H groups in total. The van der Waals surface area contributed by atoms with E-state index in [-0.39, 0.29) is 5.79 Å². The average molecular weight is 235 g/mol. The van der Waals surface area contributed by atoms with Crippen LogP contribution in [0, 0.1) is 0 Å². The average Bonchev–Trinajstić information content (AvgIpc) is 2.79. The summed E-state index contributed by atoms with van der Waals surface area (Å²) in [6, 6.07) is 1.95. The lowest BCUT2D eigenvalue weighted by molar-refractivity contribution is -0.178. The quantitative estimate of drug-likeness (QED) is 0.798. The summed E-state index contributed by atoms with van der Waals surface area (Å²) < 4.78 is 11.4. The Morgan fingerprint density at radius 2 is 1.94 bits per heavy atom.